The SMILES string of the molecule is Cc1cccc(-c2nc3n(CC(=O)Nc4cc(Cl)ccc4C)c(C)cc(=O)n3n2)c1. The van der Waals surface area contributed by atoms with Crippen molar-refractivity contribution < 1.29 is 4.79 Å². The summed E-state index contributed by atoms with van der Waals surface area (Å²) in [6.07, 6.45) is 0. The van der Waals surface area contributed by atoms with Crippen LogP contribution in [0.25, 0.3) is 17.2 Å². The number of rotatable bonds is 4. The predicted molar refractivity (Wildman–Crippen MR) is 117 cm³/mol. The highest BCUT2D eigenvalue weighted by Gasteiger charge is 2.16. The molecule has 0 fully saturated rings. The van der Waals surface area contributed by atoms with Crippen LogP contribution >= 0.6 is 11.6 Å². The molecule has 2 aromatic heterocycles. The van der Waals surface area contributed by atoms with Gasteiger partial charge in [-0.05, 0) is 44.5 Å². The Bertz CT molecular complexity index is 1340. The van der Waals surface area contributed by atoms with E-state index in [2.05, 4.69) is 15.4 Å². The molecule has 0 aliphatic rings. The van der Waals surface area contributed by atoms with Crippen LogP contribution in [0.4, 0.5) is 5.69 Å². The largest absolute Gasteiger partial charge is 0.324 e. The van der Waals surface area contributed by atoms with Gasteiger partial charge in [0.1, 0.15) is 6.54 Å². The Morgan fingerprint density at radius 3 is 2.67 bits per heavy atom. The van der Waals surface area contributed by atoms with E-state index in [4.69, 9.17) is 11.6 Å². The van der Waals surface area contributed by atoms with Gasteiger partial charge in [0.05, 0.1) is 0 Å². The van der Waals surface area contributed by atoms with Crippen LogP contribution in [-0.2, 0) is 11.3 Å². The maximum atomic E-state index is 12.7. The van der Waals surface area contributed by atoms with Crippen LogP contribution in [0.3, 0.4) is 0 Å². The number of aryl methyl sites for hydroxylation is 3. The second-order valence-electron chi connectivity index (χ2n) is 7.23. The highest BCUT2D eigenvalue weighted by atomic mass is 35.5. The van der Waals surface area contributed by atoms with Gasteiger partial charge in [0, 0.05) is 28.0 Å². The van der Waals surface area contributed by atoms with Crippen molar-refractivity contribution in [2.24, 2.45) is 0 Å². The first-order chi connectivity index (χ1) is 14.3. The number of hydrogen-bond donors (Lipinski definition) is 1. The van der Waals surface area contributed by atoms with Gasteiger partial charge in [-0.1, -0.05) is 41.4 Å². The molecule has 0 spiro atoms. The molecule has 8 heteroatoms. The van der Waals surface area contributed by atoms with E-state index >= 15 is 0 Å². The zero-order valence-electron chi connectivity index (χ0n) is 16.8. The molecule has 4 rings (SSSR count). The summed E-state index contributed by atoms with van der Waals surface area (Å²) in [5.74, 6) is 0.491. The van der Waals surface area contributed by atoms with Crippen LogP contribution in [0.15, 0.2) is 53.3 Å². The van der Waals surface area contributed by atoms with E-state index in [1.165, 1.54) is 10.6 Å². The van der Waals surface area contributed by atoms with Gasteiger partial charge in [-0.25, -0.2) is 0 Å². The number of carbonyl (C=O) groups excluding carboxylic acids is 1. The Hall–Kier alpha value is -3.45. The number of nitrogens with one attached hydrogen (secondary N) is 1. The van der Waals surface area contributed by atoms with Crippen molar-refractivity contribution in [3.63, 3.8) is 0 Å². The topological polar surface area (TPSA) is 81.3 Å². The van der Waals surface area contributed by atoms with Crippen molar-refractivity contribution in [1.29, 1.82) is 0 Å². The molecule has 2 heterocycles. The van der Waals surface area contributed by atoms with Crippen LogP contribution in [0, 0.1) is 20.8 Å². The van der Waals surface area contributed by atoms with Crippen molar-refractivity contribution in [3.05, 3.63) is 80.7 Å². The molecular weight excluding hydrogens is 402 g/mol. The molecule has 0 radical (unpaired) electrons. The molecular formula is C22H20ClN5O2. The minimum absolute atomic E-state index is 0.0203. The molecule has 0 aliphatic heterocycles. The lowest BCUT2D eigenvalue weighted by Gasteiger charge is -2.13. The second kappa shape index (κ2) is 7.76. The molecule has 7 nitrogen and oxygen atoms in total. The van der Waals surface area contributed by atoms with E-state index in [-0.39, 0.29) is 18.0 Å². The van der Waals surface area contributed by atoms with Gasteiger partial charge >= 0.3 is 0 Å². The summed E-state index contributed by atoms with van der Waals surface area (Å²) < 4.78 is 2.89. The smallest absolute Gasteiger partial charge is 0.275 e. The molecule has 30 heavy (non-hydrogen) atoms. The van der Waals surface area contributed by atoms with Crippen molar-refractivity contribution in [2.75, 3.05) is 5.32 Å². The summed E-state index contributed by atoms with van der Waals surface area (Å²) in [6.45, 7) is 5.61. The zero-order chi connectivity index (χ0) is 21.4. The number of halogens is 1. The Balaban J connectivity index is 1.72. The quantitative estimate of drug-likeness (QED) is 0.543. The molecule has 0 atom stereocenters. The lowest BCUT2D eigenvalue weighted by Crippen LogP contribution is -2.25. The standard InChI is InChI=1S/C22H20ClN5O2/c1-13-5-4-6-16(9-13)21-25-22-27(15(3)10-20(30)28(22)26-21)12-19(29)24-18-11-17(23)8-7-14(18)2/h4-11H,12H2,1-3H3,(H,24,29). The van der Waals surface area contributed by atoms with E-state index in [0.29, 0.717) is 28.0 Å². The Morgan fingerprint density at radius 2 is 1.90 bits per heavy atom. The van der Waals surface area contributed by atoms with Crippen LogP contribution in [0.5, 0.6) is 0 Å². The van der Waals surface area contributed by atoms with Crippen LogP contribution in [0.2, 0.25) is 5.02 Å². The fraction of sp³-hybridized carbons (Fsp3) is 0.182. The van der Waals surface area contributed by atoms with Crippen LogP contribution in [0.1, 0.15) is 16.8 Å². The van der Waals surface area contributed by atoms with Gasteiger partial charge in [-0.2, -0.15) is 9.50 Å². The number of aromatic nitrogens is 4. The van der Waals surface area contributed by atoms with Crippen molar-refractivity contribution in [3.8, 4) is 11.4 Å². The van der Waals surface area contributed by atoms with Crippen molar-refractivity contribution >= 4 is 29.0 Å². The fourth-order valence-electron chi connectivity index (χ4n) is 3.27. The first kappa shape index (κ1) is 19.8. The van der Waals surface area contributed by atoms with E-state index < -0.39 is 0 Å². The Labute approximate surface area is 178 Å². The number of amides is 1. The van der Waals surface area contributed by atoms with Crippen molar-refractivity contribution in [2.45, 2.75) is 27.3 Å². The average molecular weight is 422 g/mol. The molecule has 1 amide bonds. The minimum Gasteiger partial charge on any atom is -0.324 e. The van der Waals surface area contributed by atoms with E-state index in [1.807, 2.05) is 44.2 Å². The number of nitrogens with zero attached hydrogens (tertiary/aromatic N) is 4. The molecule has 0 saturated carbocycles. The van der Waals surface area contributed by atoms with Gasteiger partial charge in [0.25, 0.3) is 5.56 Å². The van der Waals surface area contributed by atoms with Crippen LogP contribution in [-0.4, -0.2) is 25.1 Å². The third-order valence-corrected chi connectivity index (χ3v) is 5.09. The first-order valence-corrected chi connectivity index (χ1v) is 9.80. The normalized spacial score (nSPS) is 11.1. The molecule has 2 aromatic carbocycles. The third-order valence-electron chi connectivity index (χ3n) is 4.85. The van der Waals surface area contributed by atoms with Gasteiger partial charge in [0.15, 0.2) is 5.82 Å². The van der Waals surface area contributed by atoms with E-state index in [0.717, 1.165) is 16.7 Å². The number of carbonyl (C=O) groups is 1. The highest BCUT2D eigenvalue weighted by Crippen LogP contribution is 2.21. The van der Waals surface area contributed by atoms with Gasteiger partial charge in [-0.3, -0.25) is 9.59 Å². The Morgan fingerprint density at radius 1 is 1.10 bits per heavy atom. The lowest BCUT2D eigenvalue weighted by molar-refractivity contribution is -0.116. The first-order valence-electron chi connectivity index (χ1n) is 9.42. The van der Waals surface area contributed by atoms with Gasteiger partial charge in [0.2, 0.25) is 11.7 Å². The number of fused-ring (bicyclic) bond motifs is 1. The number of hydrogen-bond acceptors (Lipinski definition) is 4. The number of benzene rings is 2. The summed E-state index contributed by atoms with van der Waals surface area (Å²) in [7, 11) is 0. The Kier molecular flexibility index (Phi) is 5.13. The molecule has 4 aromatic rings. The number of anilines is 1. The molecule has 1 N–H and O–H groups in total. The zero-order valence-corrected chi connectivity index (χ0v) is 17.6. The molecule has 0 bridgehead atoms. The van der Waals surface area contributed by atoms with Gasteiger partial charge < -0.3 is 9.88 Å². The summed E-state index contributed by atoms with van der Waals surface area (Å²) in [4.78, 5) is 29.7. The third kappa shape index (κ3) is 3.84. The maximum absolute atomic E-state index is 12.7. The fourth-order valence-corrected chi connectivity index (χ4v) is 3.44. The highest BCUT2D eigenvalue weighted by molar-refractivity contribution is 6.31. The molecule has 0 aliphatic carbocycles. The summed E-state index contributed by atoms with van der Waals surface area (Å²) in [5, 5.41) is 7.78. The van der Waals surface area contributed by atoms with E-state index in [9.17, 15) is 9.59 Å². The van der Waals surface area contributed by atoms with Gasteiger partial charge in [-0.15, -0.1) is 5.10 Å². The molecule has 152 valence electrons. The second-order valence-corrected chi connectivity index (χ2v) is 7.67. The minimum atomic E-state index is -0.295. The predicted octanol–water partition coefficient (Wildman–Crippen LogP) is 3.78. The van der Waals surface area contributed by atoms with E-state index in [1.54, 1.807) is 23.6 Å². The molecule has 0 unspecified atom stereocenters. The van der Waals surface area contributed by atoms with Crippen molar-refractivity contribution in [1.82, 2.24) is 19.2 Å². The lowest BCUT2D eigenvalue weighted by atomic mass is 10.1. The summed E-state index contributed by atoms with van der Waals surface area (Å²) >= 11 is 6.04. The molecule has 0 saturated heterocycles. The maximum Gasteiger partial charge on any atom is 0.275 e. The average Bonchev–Trinajstić information content (AvgIpc) is 3.14. The summed E-state index contributed by atoms with van der Waals surface area (Å²) in [6, 6.07) is 14.5. The van der Waals surface area contributed by atoms with Crippen LogP contribution < -0.4 is 10.9 Å². The monoisotopic (exact) mass is 421 g/mol. The summed E-state index contributed by atoms with van der Waals surface area (Å²) in [5.41, 5.74) is 3.74.